The summed E-state index contributed by atoms with van der Waals surface area (Å²) in [5.41, 5.74) is 2.73. The highest BCUT2D eigenvalue weighted by atomic mass is 16.5. The Morgan fingerprint density at radius 3 is 2.18 bits per heavy atom. The number of hydrogen-bond donors (Lipinski definition) is 1. The van der Waals surface area contributed by atoms with Crippen LogP contribution in [0.1, 0.15) is 36.6 Å². The van der Waals surface area contributed by atoms with Gasteiger partial charge in [-0.1, -0.05) is 29.8 Å². The Morgan fingerprint density at radius 2 is 1.53 bits per heavy atom. The first-order valence-electron chi connectivity index (χ1n) is 11.3. The molecule has 6 nitrogen and oxygen atoms in total. The lowest BCUT2D eigenvalue weighted by Crippen LogP contribution is -2.29. The number of benzene rings is 3. The second-order valence-corrected chi connectivity index (χ2v) is 7.97. The fourth-order valence-corrected chi connectivity index (χ4v) is 4.09. The average Bonchev–Trinajstić information content (AvgIpc) is 3.11. The van der Waals surface area contributed by atoms with Crippen molar-refractivity contribution in [3.8, 4) is 11.5 Å². The fraction of sp³-hybridized carbons (Fsp3) is 0.214. The first kappa shape index (κ1) is 23.1. The van der Waals surface area contributed by atoms with Gasteiger partial charge in [0.1, 0.15) is 17.3 Å². The van der Waals surface area contributed by atoms with E-state index in [-0.39, 0.29) is 11.3 Å². The molecule has 1 aliphatic rings. The summed E-state index contributed by atoms with van der Waals surface area (Å²) in [7, 11) is 0. The van der Waals surface area contributed by atoms with E-state index in [1.807, 2.05) is 51.1 Å². The molecule has 6 heteroatoms. The normalized spacial score (nSPS) is 17.1. The molecular formula is C28H27NO5. The Balaban J connectivity index is 1.88. The Hall–Kier alpha value is -4.06. The van der Waals surface area contributed by atoms with Gasteiger partial charge >= 0.3 is 0 Å². The van der Waals surface area contributed by atoms with Crippen LogP contribution in [0.25, 0.3) is 5.76 Å². The van der Waals surface area contributed by atoms with Gasteiger partial charge in [0.25, 0.3) is 11.7 Å². The minimum Gasteiger partial charge on any atom is -0.507 e. The maximum Gasteiger partial charge on any atom is 0.300 e. The van der Waals surface area contributed by atoms with Crippen LogP contribution < -0.4 is 14.4 Å². The molecule has 34 heavy (non-hydrogen) atoms. The van der Waals surface area contributed by atoms with E-state index in [9.17, 15) is 14.7 Å². The van der Waals surface area contributed by atoms with Crippen molar-refractivity contribution in [1.82, 2.24) is 0 Å². The zero-order valence-corrected chi connectivity index (χ0v) is 19.4. The third-order valence-corrected chi connectivity index (χ3v) is 5.68. The predicted molar refractivity (Wildman–Crippen MR) is 131 cm³/mol. The highest BCUT2D eigenvalue weighted by molar-refractivity contribution is 6.51. The second kappa shape index (κ2) is 9.83. The molecule has 3 aromatic carbocycles. The number of hydrogen-bond acceptors (Lipinski definition) is 5. The lowest BCUT2D eigenvalue weighted by atomic mass is 9.95. The summed E-state index contributed by atoms with van der Waals surface area (Å²) in [6, 6.07) is 20.6. The van der Waals surface area contributed by atoms with Crippen LogP contribution >= 0.6 is 0 Å². The molecule has 0 saturated carbocycles. The average molecular weight is 458 g/mol. The largest absolute Gasteiger partial charge is 0.507 e. The Morgan fingerprint density at radius 1 is 0.882 bits per heavy atom. The molecule has 1 N–H and O–H groups in total. The van der Waals surface area contributed by atoms with Crippen molar-refractivity contribution >= 4 is 23.1 Å². The van der Waals surface area contributed by atoms with Gasteiger partial charge in [0.15, 0.2) is 0 Å². The lowest BCUT2D eigenvalue weighted by molar-refractivity contribution is -0.132. The highest BCUT2D eigenvalue weighted by Gasteiger charge is 2.47. The molecule has 0 bridgehead atoms. The van der Waals surface area contributed by atoms with Gasteiger partial charge in [-0.25, -0.2) is 0 Å². The zero-order chi connectivity index (χ0) is 24.2. The highest BCUT2D eigenvalue weighted by Crippen LogP contribution is 2.43. The molecule has 4 rings (SSSR count). The minimum absolute atomic E-state index is 0.0309. The van der Waals surface area contributed by atoms with E-state index >= 15 is 0 Å². The summed E-state index contributed by atoms with van der Waals surface area (Å²) in [5.74, 6) is -0.388. The molecule has 174 valence electrons. The molecule has 1 unspecified atom stereocenters. The lowest BCUT2D eigenvalue weighted by Gasteiger charge is -2.26. The van der Waals surface area contributed by atoms with E-state index in [1.165, 1.54) is 4.90 Å². The van der Waals surface area contributed by atoms with Gasteiger partial charge in [0, 0.05) is 11.3 Å². The van der Waals surface area contributed by atoms with Gasteiger partial charge in [-0.05, 0) is 74.9 Å². The summed E-state index contributed by atoms with van der Waals surface area (Å²) in [6.07, 6.45) is 0. The molecule has 1 aliphatic heterocycles. The molecule has 1 amide bonds. The SMILES string of the molecule is CCOc1ccc(/C(O)=C2/C(=O)C(=O)N(c3ccc(C)cc3)C2c2cccc(OCC)c2)cc1. The Labute approximate surface area is 199 Å². The van der Waals surface area contributed by atoms with Gasteiger partial charge in [0.05, 0.1) is 24.8 Å². The van der Waals surface area contributed by atoms with Crippen LogP contribution in [0.3, 0.4) is 0 Å². The molecule has 0 radical (unpaired) electrons. The van der Waals surface area contributed by atoms with Crippen LogP contribution in [-0.4, -0.2) is 30.0 Å². The molecule has 0 aromatic heterocycles. The molecule has 0 aliphatic carbocycles. The summed E-state index contributed by atoms with van der Waals surface area (Å²) < 4.78 is 11.1. The second-order valence-electron chi connectivity index (χ2n) is 7.97. The monoisotopic (exact) mass is 457 g/mol. The maximum atomic E-state index is 13.3. The number of carbonyl (C=O) groups is 2. The van der Waals surface area contributed by atoms with E-state index in [2.05, 4.69) is 0 Å². The molecule has 1 atom stereocenters. The molecule has 1 heterocycles. The van der Waals surface area contributed by atoms with Crippen LogP contribution in [0.5, 0.6) is 11.5 Å². The first-order valence-corrected chi connectivity index (χ1v) is 11.3. The number of aliphatic hydroxyl groups excluding tert-OH is 1. The number of ether oxygens (including phenoxy) is 2. The van der Waals surface area contributed by atoms with E-state index in [0.717, 1.165) is 5.56 Å². The quantitative estimate of drug-likeness (QED) is 0.291. The predicted octanol–water partition coefficient (Wildman–Crippen LogP) is 5.42. The summed E-state index contributed by atoms with van der Waals surface area (Å²) >= 11 is 0. The smallest absolute Gasteiger partial charge is 0.300 e. The Bertz CT molecular complexity index is 1230. The van der Waals surface area contributed by atoms with E-state index in [4.69, 9.17) is 9.47 Å². The van der Waals surface area contributed by atoms with Crippen molar-refractivity contribution in [3.63, 3.8) is 0 Å². The molecule has 0 spiro atoms. The molecule has 1 saturated heterocycles. The van der Waals surface area contributed by atoms with Gasteiger partial charge in [-0.2, -0.15) is 0 Å². The van der Waals surface area contributed by atoms with Crippen LogP contribution in [0, 0.1) is 6.92 Å². The number of anilines is 1. The van der Waals surface area contributed by atoms with Crippen molar-refractivity contribution in [2.45, 2.75) is 26.8 Å². The topological polar surface area (TPSA) is 76.1 Å². The van der Waals surface area contributed by atoms with Crippen LogP contribution in [0.2, 0.25) is 0 Å². The number of nitrogens with zero attached hydrogens (tertiary/aromatic N) is 1. The number of carbonyl (C=O) groups excluding carboxylic acids is 2. The van der Waals surface area contributed by atoms with Gasteiger partial charge < -0.3 is 14.6 Å². The number of amides is 1. The van der Waals surface area contributed by atoms with Crippen molar-refractivity contribution in [2.75, 3.05) is 18.1 Å². The van der Waals surface area contributed by atoms with Crippen molar-refractivity contribution in [2.24, 2.45) is 0 Å². The van der Waals surface area contributed by atoms with E-state index < -0.39 is 17.7 Å². The number of Topliss-reactive ketones (excluding diaryl/α,β-unsaturated/α-hetero) is 1. The third-order valence-electron chi connectivity index (χ3n) is 5.68. The van der Waals surface area contributed by atoms with Crippen LogP contribution in [0.4, 0.5) is 5.69 Å². The first-order chi connectivity index (χ1) is 16.4. The number of ketones is 1. The standard InChI is InChI=1S/C28H27NO5/c1-4-33-22-15-11-19(12-16-22)26(30)24-25(20-7-6-8-23(17-20)34-5-2)29(28(32)27(24)31)21-13-9-18(3)10-14-21/h6-17,25,30H,4-5H2,1-3H3/b26-24-. The van der Waals surface area contributed by atoms with Crippen molar-refractivity contribution in [1.29, 1.82) is 0 Å². The number of aryl methyl sites for hydroxylation is 1. The van der Waals surface area contributed by atoms with Crippen LogP contribution in [-0.2, 0) is 9.59 Å². The molecule has 1 fully saturated rings. The molecular weight excluding hydrogens is 430 g/mol. The van der Waals surface area contributed by atoms with Gasteiger partial charge in [-0.15, -0.1) is 0 Å². The minimum atomic E-state index is -0.810. The van der Waals surface area contributed by atoms with E-state index in [0.29, 0.717) is 41.5 Å². The van der Waals surface area contributed by atoms with Gasteiger partial charge in [0.2, 0.25) is 0 Å². The Kier molecular flexibility index (Phi) is 6.68. The van der Waals surface area contributed by atoms with Crippen molar-refractivity contribution < 1.29 is 24.2 Å². The summed E-state index contributed by atoms with van der Waals surface area (Å²) in [6.45, 7) is 6.72. The number of rotatable bonds is 7. The summed E-state index contributed by atoms with van der Waals surface area (Å²) in [4.78, 5) is 28.0. The molecule has 3 aromatic rings. The maximum absolute atomic E-state index is 13.3. The summed E-state index contributed by atoms with van der Waals surface area (Å²) in [5, 5.41) is 11.3. The van der Waals surface area contributed by atoms with Crippen LogP contribution in [0.15, 0.2) is 78.4 Å². The van der Waals surface area contributed by atoms with E-state index in [1.54, 1.807) is 42.5 Å². The number of aliphatic hydroxyl groups is 1. The van der Waals surface area contributed by atoms with Crippen molar-refractivity contribution in [3.05, 3.63) is 95.1 Å². The van der Waals surface area contributed by atoms with Gasteiger partial charge in [-0.3, -0.25) is 14.5 Å². The zero-order valence-electron chi connectivity index (χ0n) is 19.4. The third kappa shape index (κ3) is 4.39. The fourth-order valence-electron chi connectivity index (χ4n) is 4.09.